The first-order chi connectivity index (χ1) is 10.3. The van der Waals surface area contributed by atoms with Crippen molar-refractivity contribution in [3.05, 3.63) is 16.4 Å². The molecule has 1 unspecified atom stereocenters. The van der Waals surface area contributed by atoms with E-state index in [2.05, 4.69) is 5.10 Å². The second-order valence-electron chi connectivity index (χ2n) is 5.72. The van der Waals surface area contributed by atoms with E-state index in [1.165, 1.54) is 12.0 Å². The van der Waals surface area contributed by atoms with Crippen molar-refractivity contribution in [1.29, 1.82) is 0 Å². The fourth-order valence-corrected chi connectivity index (χ4v) is 3.05. The second-order valence-corrected chi connectivity index (χ2v) is 6.10. The Bertz CT molecular complexity index is 597. The minimum absolute atomic E-state index is 0.0705. The van der Waals surface area contributed by atoms with E-state index in [1.807, 2.05) is 0 Å². The van der Waals surface area contributed by atoms with E-state index in [0.29, 0.717) is 30.1 Å². The van der Waals surface area contributed by atoms with Gasteiger partial charge in [-0.1, -0.05) is 11.6 Å². The summed E-state index contributed by atoms with van der Waals surface area (Å²) in [5.74, 6) is -1.29. The number of halogens is 1. The molecule has 0 radical (unpaired) electrons. The van der Waals surface area contributed by atoms with Crippen molar-refractivity contribution in [2.75, 3.05) is 26.8 Å². The molecule has 0 bridgehead atoms. The van der Waals surface area contributed by atoms with Crippen LogP contribution in [-0.4, -0.2) is 58.5 Å². The first kappa shape index (κ1) is 16.8. The van der Waals surface area contributed by atoms with Crippen LogP contribution in [0.25, 0.3) is 0 Å². The molecule has 7 nitrogen and oxygen atoms in total. The Hall–Kier alpha value is -1.60. The lowest BCUT2D eigenvalue weighted by Crippen LogP contribution is -2.52. The van der Waals surface area contributed by atoms with Crippen LogP contribution in [0.1, 0.15) is 29.0 Å². The van der Waals surface area contributed by atoms with Gasteiger partial charge in [-0.05, 0) is 19.8 Å². The summed E-state index contributed by atoms with van der Waals surface area (Å²) in [4.78, 5) is 25.8. The standard InChI is InChI=1S/C14H20ClN3O4/c1-9-10(15)11(16-17(9)2)12(19)18-6-4-5-14(7-18,8-22-3)13(20)21/h4-8H2,1-3H3,(H,20,21). The lowest BCUT2D eigenvalue weighted by molar-refractivity contribution is -0.155. The summed E-state index contributed by atoms with van der Waals surface area (Å²) < 4.78 is 6.60. The SMILES string of the molecule is COCC1(C(=O)O)CCCN(C(=O)c2nn(C)c(C)c2Cl)C1. The molecule has 2 rings (SSSR count). The summed E-state index contributed by atoms with van der Waals surface area (Å²) in [5.41, 5.74) is -0.206. The van der Waals surface area contributed by atoms with Crippen LogP contribution in [0.4, 0.5) is 0 Å². The van der Waals surface area contributed by atoms with Gasteiger partial charge in [-0.15, -0.1) is 0 Å². The largest absolute Gasteiger partial charge is 0.481 e. The van der Waals surface area contributed by atoms with Crippen LogP contribution >= 0.6 is 11.6 Å². The number of likely N-dealkylation sites (tertiary alicyclic amines) is 1. The maximum Gasteiger partial charge on any atom is 0.313 e. The molecule has 0 saturated carbocycles. The van der Waals surface area contributed by atoms with Gasteiger partial charge < -0.3 is 14.7 Å². The van der Waals surface area contributed by atoms with Gasteiger partial charge in [0.05, 0.1) is 17.3 Å². The van der Waals surface area contributed by atoms with Crippen LogP contribution < -0.4 is 0 Å². The Morgan fingerprint density at radius 3 is 2.68 bits per heavy atom. The summed E-state index contributed by atoms with van der Waals surface area (Å²) in [5, 5.41) is 14.0. The molecule has 1 aromatic heterocycles. The van der Waals surface area contributed by atoms with Crippen LogP contribution in [0.3, 0.4) is 0 Å². The third kappa shape index (κ3) is 2.83. The predicted molar refractivity (Wildman–Crippen MR) is 80.0 cm³/mol. The molecule has 1 saturated heterocycles. The number of methoxy groups -OCH3 is 1. The summed E-state index contributed by atoms with van der Waals surface area (Å²) in [7, 11) is 3.17. The summed E-state index contributed by atoms with van der Waals surface area (Å²) in [6.07, 6.45) is 1.08. The highest BCUT2D eigenvalue weighted by Gasteiger charge is 2.44. The molecule has 122 valence electrons. The molecule has 1 N–H and O–H groups in total. The van der Waals surface area contributed by atoms with Crippen molar-refractivity contribution in [3.8, 4) is 0 Å². The number of rotatable bonds is 4. The van der Waals surface area contributed by atoms with Gasteiger partial charge in [0.15, 0.2) is 5.69 Å². The van der Waals surface area contributed by atoms with Gasteiger partial charge in [-0.25, -0.2) is 0 Å². The van der Waals surface area contributed by atoms with E-state index >= 15 is 0 Å². The van der Waals surface area contributed by atoms with E-state index in [0.717, 1.165) is 0 Å². The Labute approximate surface area is 133 Å². The normalized spacial score (nSPS) is 21.9. The number of nitrogens with zero attached hydrogens (tertiary/aromatic N) is 3. The van der Waals surface area contributed by atoms with Gasteiger partial charge in [0, 0.05) is 27.2 Å². The highest BCUT2D eigenvalue weighted by Crippen LogP contribution is 2.32. The van der Waals surface area contributed by atoms with Gasteiger partial charge in [-0.2, -0.15) is 5.10 Å². The van der Waals surface area contributed by atoms with Crippen molar-refractivity contribution in [3.63, 3.8) is 0 Å². The van der Waals surface area contributed by atoms with Crippen molar-refractivity contribution < 1.29 is 19.4 Å². The number of aromatic nitrogens is 2. The topological polar surface area (TPSA) is 84.7 Å². The summed E-state index contributed by atoms with van der Waals surface area (Å²) in [6, 6.07) is 0. The zero-order valence-corrected chi connectivity index (χ0v) is 13.7. The summed E-state index contributed by atoms with van der Waals surface area (Å²) >= 11 is 6.15. The number of piperidine rings is 1. The predicted octanol–water partition coefficient (Wildman–Crippen LogP) is 1.34. The Morgan fingerprint density at radius 2 is 2.18 bits per heavy atom. The molecule has 0 spiro atoms. The monoisotopic (exact) mass is 329 g/mol. The fraction of sp³-hybridized carbons (Fsp3) is 0.643. The molecule has 0 aromatic carbocycles. The molecule has 1 amide bonds. The summed E-state index contributed by atoms with van der Waals surface area (Å²) in [6.45, 7) is 2.43. The lowest BCUT2D eigenvalue weighted by atomic mass is 9.80. The minimum atomic E-state index is -1.07. The van der Waals surface area contributed by atoms with Crippen molar-refractivity contribution in [2.45, 2.75) is 19.8 Å². The fourth-order valence-electron chi connectivity index (χ4n) is 2.80. The molecular weight excluding hydrogens is 310 g/mol. The molecule has 22 heavy (non-hydrogen) atoms. The van der Waals surface area contributed by atoms with Gasteiger partial charge in [0.2, 0.25) is 0 Å². The second kappa shape index (κ2) is 6.26. The van der Waals surface area contributed by atoms with Gasteiger partial charge in [0.1, 0.15) is 5.41 Å². The third-order valence-electron chi connectivity index (χ3n) is 4.20. The number of hydrogen-bond donors (Lipinski definition) is 1. The van der Waals surface area contributed by atoms with Crippen molar-refractivity contribution >= 4 is 23.5 Å². The van der Waals surface area contributed by atoms with Crippen LogP contribution in [0.15, 0.2) is 0 Å². The highest BCUT2D eigenvalue weighted by atomic mass is 35.5. The average Bonchev–Trinajstić information content (AvgIpc) is 2.74. The van der Waals surface area contributed by atoms with Crippen molar-refractivity contribution in [2.24, 2.45) is 12.5 Å². The smallest absolute Gasteiger partial charge is 0.313 e. The van der Waals surface area contributed by atoms with Crippen LogP contribution in [0, 0.1) is 12.3 Å². The first-order valence-corrected chi connectivity index (χ1v) is 7.41. The Balaban J connectivity index is 2.26. The van der Waals surface area contributed by atoms with E-state index in [1.54, 1.807) is 18.7 Å². The van der Waals surface area contributed by atoms with Crippen LogP contribution in [0.5, 0.6) is 0 Å². The minimum Gasteiger partial charge on any atom is -0.481 e. The van der Waals surface area contributed by atoms with Crippen LogP contribution in [0.2, 0.25) is 5.02 Å². The number of carboxylic acid groups (broad SMARTS) is 1. The van der Waals surface area contributed by atoms with Gasteiger partial charge in [0.25, 0.3) is 5.91 Å². The highest BCUT2D eigenvalue weighted by molar-refractivity contribution is 6.34. The maximum absolute atomic E-state index is 12.6. The van der Waals surface area contributed by atoms with Gasteiger partial charge >= 0.3 is 5.97 Å². The van der Waals surface area contributed by atoms with E-state index in [-0.39, 0.29) is 24.8 Å². The average molecular weight is 330 g/mol. The number of aryl methyl sites for hydroxylation is 1. The first-order valence-electron chi connectivity index (χ1n) is 7.03. The molecule has 1 aromatic rings. The molecule has 1 fully saturated rings. The van der Waals surface area contributed by atoms with E-state index in [4.69, 9.17) is 16.3 Å². The van der Waals surface area contributed by atoms with E-state index in [9.17, 15) is 14.7 Å². The zero-order chi connectivity index (χ0) is 16.5. The number of aliphatic carboxylic acids is 1. The Kier molecular flexibility index (Phi) is 4.77. The van der Waals surface area contributed by atoms with Gasteiger partial charge in [-0.3, -0.25) is 14.3 Å². The maximum atomic E-state index is 12.6. The van der Waals surface area contributed by atoms with E-state index < -0.39 is 11.4 Å². The number of hydrogen-bond acceptors (Lipinski definition) is 4. The molecule has 1 aliphatic rings. The number of carboxylic acids is 1. The number of ether oxygens (including phenoxy) is 1. The number of carbonyl (C=O) groups is 2. The van der Waals surface area contributed by atoms with Crippen LogP contribution in [-0.2, 0) is 16.6 Å². The Morgan fingerprint density at radius 1 is 1.50 bits per heavy atom. The molecule has 0 aliphatic carbocycles. The lowest BCUT2D eigenvalue weighted by Gasteiger charge is -2.39. The molecule has 8 heteroatoms. The van der Waals surface area contributed by atoms with Crippen molar-refractivity contribution in [1.82, 2.24) is 14.7 Å². The quantitative estimate of drug-likeness (QED) is 0.901. The molecule has 1 atom stereocenters. The third-order valence-corrected chi connectivity index (χ3v) is 4.65. The number of carbonyl (C=O) groups excluding carboxylic acids is 1. The molecule has 1 aliphatic heterocycles. The molecular formula is C14H20ClN3O4. The zero-order valence-electron chi connectivity index (χ0n) is 12.9. The number of amides is 1. The molecule has 2 heterocycles.